The van der Waals surface area contributed by atoms with E-state index in [0.29, 0.717) is 6.54 Å². The van der Waals surface area contributed by atoms with Gasteiger partial charge >= 0.3 is 0 Å². The SMILES string of the molecule is O=c1c2sccc2nc(-c2ccc(-c3ccccc3)cc2)n1CCN1CCCCC1. The minimum Gasteiger partial charge on any atom is -0.302 e. The van der Waals surface area contributed by atoms with E-state index < -0.39 is 0 Å². The van der Waals surface area contributed by atoms with Crippen LogP contribution in [0.4, 0.5) is 0 Å². The zero-order valence-corrected chi connectivity index (χ0v) is 17.8. The van der Waals surface area contributed by atoms with Crippen molar-refractivity contribution >= 4 is 21.6 Å². The van der Waals surface area contributed by atoms with Crippen molar-refractivity contribution in [2.75, 3.05) is 19.6 Å². The monoisotopic (exact) mass is 415 g/mol. The summed E-state index contributed by atoms with van der Waals surface area (Å²) >= 11 is 1.48. The number of piperidine rings is 1. The minimum absolute atomic E-state index is 0.0779. The summed E-state index contributed by atoms with van der Waals surface area (Å²) in [6.07, 6.45) is 3.83. The van der Waals surface area contributed by atoms with Gasteiger partial charge in [-0.1, -0.05) is 61.0 Å². The molecule has 0 unspecified atom stereocenters. The molecule has 4 nitrogen and oxygen atoms in total. The maximum atomic E-state index is 13.3. The first-order chi connectivity index (χ1) is 14.8. The third kappa shape index (κ3) is 3.83. The Kier molecular flexibility index (Phi) is 5.47. The maximum absolute atomic E-state index is 13.3. The lowest BCUT2D eigenvalue weighted by Crippen LogP contribution is -2.35. The molecular weight excluding hydrogens is 390 g/mol. The highest BCUT2D eigenvalue weighted by Crippen LogP contribution is 2.25. The molecule has 2 aromatic heterocycles. The molecular formula is C25H25N3OS. The van der Waals surface area contributed by atoms with E-state index in [9.17, 15) is 4.79 Å². The number of fused-ring (bicyclic) bond motifs is 1. The number of nitrogens with zero attached hydrogens (tertiary/aromatic N) is 3. The Morgan fingerprint density at radius 2 is 1.50 bits per heavy atom. The highest BCUT2D eigenvalue weighted by atomic mass is 32.1. The Balaban J connectivity index is 1.51. The first kappa shape index (κ1) is 19.2. The van der Waals surface area contributed by atoms with Crippen LogP contribution in [-0.4, -0.2) is 34.1 Å². The number of aromatic nitrogens is 2. The number of hydrogen-bond acceptors (Lipinski definition) is 4. The Hall–Kier alpha value is -2.76. The first-order valence-corrected chi connectivity index (χ1v) is 11.5. The van der Waals surface area contributed by atoms with Gasteiger partial charge in [0.1, 0.15) is 10.5 Å². The smallest absolute Gasteiger partial charge is 0.271 e. The Morgan fingerprint density at radius 1 is 0.800 bits per heavy atom. The molecule has 0 bridgehead atoms. The molecule has 0 aliphatic carbocycles. The van der Waals surface area contributed by atoms with Gasteiger partial charge in [0.05, 0.1) is 5.52 Å². The van der Waals surface area contributed by atoms with Gasteiger partial charge in [0, 0.05) is 18.7 Å². The summed E-state index contributed by atoms with van der Waals surface area (Å²) in [4.78, 5) is 20.6. The van der Waals surface area contributed by atoms with E-state index in [1.54, 1.807) is 0 Å². The Morgan fingerprint density at radius 3 is 2.27 bits per heavy atom. The van der Waals surface area contributed by atoms with Gasteiger partial charge in [-0.05, 0) is 48.5 Å². The molecule has 0 spiro atoms. The van der Waals surface area contributed by atoms with E-state index in [0.717, 1.165) is 46.8 Å². The Labute approximate surface area is 180 Å². The van der Waals surface area contributed by atoms with Crippen LogP contribution in [0, 0.1) is 0 Å². The molecule has 2 aromatic carbocycles. The molecule has 30 heavy (non-hydrogen) atoms. The molecule has 4 aromatic rings. The van der Waals surface area contributed by atoms with E-state index in [4.69, 9.17) is 4.98 Å². The summed E-state index contributed by atoms with van der Waals surface area (Å²) in [7, 11) is 0. The molecule has 3 heterocycles. The second-order valence-electron chi connectivity index (χ2n) is 7.87. The fourth-order valence-electron chi connectivity index (χ4n) is 4.24. The van der Waals surface area contributed by atoms with Gasteiger partial charge in [-0.25, -0.2) is 4.98 Å². The molecule has 0 amide bonds. The van der Waals surface area contributed by atoms with Crippen LogP contribution in [-0.2, 0) is 6.54 Å². The lowest BCUT2D eigenvalue weighted by Gasteiger charge is -2.27. The average molecular weight is 416 g/mol. The van der Waals surface area contributed by atoms with Crippen LogP contribution < -0.4 is 5.56 Å². The number of likely N-dealkylation sites (tertiary alicyclic amines) is 1. The van der Waals surface area contributed by atoms with Gasteiger partial charge in [0.25, 0.3) is 5.56 Å². The lowest BCUT2D eigenvalue weighted by molar-refractivity contribution is 0.220. The van der Waals surface area contributed by atoms with Crippen molar-refractivity contribution in [3.8, 4) is 22.5 Å². The van der Waals surface area contributed by atoms with Crippen molar-refractivity contribution in [2.24, 2.45) is 0 Å². The van der Waals surface area contributed by atoms with E-state index in [1.807, 2.05) is 34.2 Å². The van der Waals surface area contributed by atoms with Crippen molar-refractivity contribution in [1.82, 2.24) is 14.5 Å². The molecule has 0 N–H and O–H groups in total. The maximum Gasteiger partial charge on any atom is 0.271 e. The molecule has 0 atom stereocenters. The Bertz CT molecular complexity index is 1190. The van der Waals surface area contributed by atoms with Gasteiger partial charge in [0.15, 0.2) is 0 Å². The number of rotatable bonds is 5. The van der Waals surface area contributed by atoms with Crippen LogP contribution in [0.25, 0.3) is 32.7 Å². The molecule has 1 aliphatic heterocycles. The molecule has 152 valence electrons. The summed E-state index contributed by atoms with van der Waals surface area (Å²) in [6.45, 7) is 3.83. The lowest BCUT2D eigenvalue weighted by atomic mass is 10.0. The second-order valence-corrected chi connectivity index (χ2v) is 8.79. The van der Waals surface area contributed by atoms with Crippen molar-refractivity contribution in [3.05, 3.63) is 76.4 Å². The van der Waals surface area contributed by atoms with Crippen LogP contribution in [0.2, 0.25) is 0 Å². The highest BCUT2D eigenvalue weighted by Gasteiger charge is 2.16. The van der Waals surface area contributed by atoms with Crippen molar-refractivity contribution in [2.45, 2.75) is 25.8 Å². The topological polar surface area (TPSA) is 38.1 Å². The van der Waals surface area contributed by atoms with Crippen LogP contribution in [0.15, 0.2) is 70.8 Å². The van der Waals surface area contributed by atoms with Gasteiger partial charge in [-0.3, -0.25) is 9.36 Å². The standard InChI is InChI=1S/C25H25N3OS/c29-25-23-22(13-18-30-23)26-24(28(25)17-16-27-14-5-2-6-15-27)21-11-9-20(10-12-21)19-7-3-1-4-8-19/h1,3-4,7-13,18H,2,5-6,14-17H2. The molecule has 1 saturated heterocycles. The summed E-state index contributed by atoms with van der Waals surface area (Å²) in [6, 6.07) is 20.7. The molecule has 5 heteroatoms. The van der Waals surface area contributed by atoms with Gasteiger partial charge < -0.3 is 4.90 Å². The van der Waals surface area contributed by atoms with Crippen LogP contribution >= 0.6 is 11.3 Å². The van der Waals surface area contributed by atoms with Crippen LogP contribution in [0.1, 0.15) is 19.3 Å². The first-order valence-electron chi connectivity index (χ1n) is 10.7. The van der Waals surface area contributed by atoms with Gasteiger partial charge in [0.2, 0.25) is 0 Å². The number of thiophene rings is 1. The van der Waals surface area contributed by atoms with Crippen molar-refractivity contribution in [1.29, 1.82) is 0 Å². The molecule has 0 saturated carbocycles. The largest absolute Gasteiger partial charge is 0.302 e. The predicted molar refractivity (Wildman–Crippen MR) is 125 cm³/mol. The zero-order valence-electron chi connectivity index (χ0n) is 17.0. The van der Waals surface area contributed by atoms with Crippen LogP contribution in [0.5, 0.6) is 0 Å². The summed E-state index contributed by atoms with van der Waals surface area (Å²) < 4.78 is 2.63. The van der Waals surface area contributed by atoms with E-state index >= 15 is 0 Å². The second kappa shape index (κ2) is 8.54. The summed E-state index contributed by atoms with van der Waals surface area (Å²) in [5, 5.41) is 1.95. The molecule has 5 rings (SSSR count). The van der Waals surface area contributed by atoms with E-state index in [-0.39, 0.29) is 5.56 Å². The minimum atomic E-state index is 0.0779. The highest BCUT2D eigenvalue weighted by molar-refractivity contribution is 7.17. The normalized spacial score (nSPS) is 14.9. The quantitative estimate of drug-likeness (QED) is 0.445. The average Bonchev–Trinajstić information content (AvgIpc) is 3.29. The van der Waals surface area contributed by atoms with Gasteiger partial charge in [-0.15, -0.1) is 11.3 Å². The van der Waals surface area contributed by atoms with Crippen molar-refractivity contribution in [3.63, 3.8) is 0 Å². The fraction of sp³-hybridized carbons (Fsp3) is 0.280. The third-order valence-electron chi connectivity index (χ3n) is 5.90. The number of hydrogen-bond donors (Lipinski definition) is 0. The fourth-order valence-corrected chi connectivity index (χ4v) is 5.02. The van der Waals surface area contributed by atoms with E-state index in [1.165, 1.54) is 36.2 Å². The molecule has 1 aliphatic rings. The van der Waals surface area contributed by atoms with Crippen molar-refractivity contribution < 1.29 is 0 Å². The predicted octanol–water partition coefficient (Wildman–Crippen LogP) is 5.28. The summed E-state index contributed by atoms with van der Waals surface area (Å²) in [5.74, 6) is 0.766. The van der Waals surface area contributed by atoms with E-state index in [2.05, 4.69) is 41.3 Å². The van der Waals surface area contributed by atoms with Crippen LogP contribution in [0.3, 0.4) is 0 Å². The molecule has 0 radical (unpaired) electrons. The zero-order chi connectivity index (χ0) is 20.3. The number of benzene rings is 2. The van der Waals surface area contributed by atoms with Gasteiger partial charge in [-0.2, -0.15) is 0 Å². The third-order valence-corrected chi connectivity index (χ3v) is 6.80. The summed E-state index contributed by atoms with van der Waals surface area (Å²) in [5.41, 5.74) is 4.21. The molecule has 1 fully saturated rings.